The first-order valence-corrected chi connectivity index (χ1v) is 5.99. The normalized spacial score (nSPS) is 16.9. The van der Waals surface area contributed by atoms with E-state index in [0.717, 1.165) is 6.54 Å². The molecule has 0 saturated heterocycles. The summed E-state index contributed by atoms with van der Waals surface area (Å²) in [5.74, 6) is 0. The van der Waals surface area contributed by atoms with Gasteiger partial charge in [0.25, 0.3) is 0 Å². The maximum Gasteiger partial charge on any atom is 0.0644 e. The van der Waals surface area contributed by atoms with Crippen LogP contribution < -0.4 is 10.6 Å². The van der Waals surface area contributed by atoms with Gasteiger partial charge in [-0.2, -0.15) is 0 Å². The molecule has 0 radical (unpaired) electrons. The second kappa shape index (κ2) is 4.22. The lowest BCUT2D eigenvalue weighted by atomic mass is 9.90. The molecule has 0 spiro atoms. The molecule has 0 amide bonds. The Hall–Kier alpha value is -1.80. The molecule has 1 atom stereocenters. The van der Waals surface area contributed by atoms with Crippen molar-refractivity contribution < 1.29 is 0 Å². The number of hydrogen-bond acceptors (Lipinski definition) is 2. The maximum atomic E-state index is 3.59. The van der Waals surface area contributed by atoms with Crippen LogP contribution >= 0.6 is 0 Å². The number of benzene rings is 2. The number of hydrogen-bond donors (Lipinski definition) is 2. The third-order valence-corrected chi connectivity index (χ3v) is 3.29. The van der Waals surface area contributed by atoms with E-state index in [4.69, 9.17) is 0 Å². The van der Waals surface area contributed by atoms with Crippen LogP contribution in [0.3, 0.4) is 0 Å². The SMILES string of the molecule is CNCC1Nc2ccccc2-c2ccccc21. The van der Waals surface area contributed by atoms with Gasteiger partial charge < -0.3 is 10.6 Å². The van der Waals surface area contributed by atoms with Gasteiger partial charge >= 0.3 is 0 Å². The molecule has 0 bridgehead atoms. The zero-order chi connectivity index (χ0) is 11.7. The average molecular weight is 224 g/mol. The van der Waals surface area contributed by atoms with Crippen LogP contribution in [0.1, 0.15) is 11.6 Å². The molecule has 2 nitrogen and oxygen atoms in total. The average Bonchev–Trinajstić information content (AvgIpc) is 2.39. The van der Waals surface area contributed by atoms with E-state index in [0.29, 0.717) is 6.04 Å². The van der Waals surface area contributed by atoms with Crippen LogP contribution in [-0.2, 0) is 0 Å². The van der Waals surface area contributed by atoms with Crippen LogP contribution in [0.2, 0.25) is 0 Å². The van der Waals surface area contributed by atoms with E-state index in [9.17, 15) is 0 Å². The number of fused-ring (bicyclic) bond motifs is 3. The van der Waals surface area contributed by atoms with Crippen molar-refractivity contribution >= 4 is 5.69 Å². The second-order valence-corrected chi connectivity index (χ2v) is 4.39. The Labute approximate surface area is 102 Å². The lowest BCUT2D eigenvalue weighted by Crippen LogP contribution is -2.26. The van der Waals surface area contributed by atoms with Gasteiger partial charge in [0, 0.05) is 17.8 Å². The highest BCUT2D eigenvalue weighted by Gasteiger charge is 2.22. The summed E-state index contributed by atoms with van der Waals surface area (Å²) in [6, 6.07) is 17.5. The smallest absolute Gasteiger partial charge is 0.0644 e. The highest BCUT2D eigenvalue weighted by atomic mass is 15.0. The van der Waals surface area contributed by atoms with Crippen molar-refractivity contribution in [3.8, 4) is 11.1 Å². The van der Waals surface area contributed by atoms with Gasteiger partial charge in [0.15, 0.2) is 0 Å². The van der Waals surface area contributed by atoms with E-state index in [2.05, 4.69) is 59.2 Å². The third kappa shape index (κ3) is 1.71. The van der Waals surface area contributed by atoms with Crippen molar-refractivity contribution in [2.75, 3.05) is 18.9 Å². The van der Waals surface area contributed by atoms with E-state index in [1.807, 2.05) is 7.05 Å². The minimum atomic E-state index is 0.353. The number of likely N-dealkylation sites (N-methyl/N-ethyl adjacent to an activating group) is 1. The molecule has 0 aliphatic carbocycles. The second-order valence-electron chi connectivity index (χ2n) is 4.39. The molecular formula is C15H16N2. The number of rotatable bonds is 2. The number of anilines is 1. The molecule has 1 unspecified atom stereocenters. The quantitative estimate of drug-likeness (QED) is 0.819. The van der Waals surface area contributed by atoms with E-state index in [1.165, 1.54) is 22.4 Å². The minimum absolute atomic E-state index is 0.353. The van der Waals surface area contributed by atoms with Crippen molar-refractivity contribution in [3.05, 3.63) is 54.1 Å². The van der Waals surface area contributed by atoms with Gasteiger partial charge in [0.1, 0.15) is 0 Å². The summed E-state index contributed by atoms with van der Waals surface area (Å²) in [5.41, 5.74) is 5.25. The maximum absolute atomic E-state index is 3.59. The lowest BCUT2D eigenvalue weighted by Gasteiger charge is -2.29. The molecule has 86 valence electrons. The van der Waals surface area contributed by atoms with Gasteiger partial charge in [0.05, 0.1) is 6.04 Å². The first-order chi connectivity index (χ1) is 8.40. The Morgan fingerprint density at radius 2 is 1.71 bits per heavy atom. The zero-order valence-electron chi connectivity index (χ0n) is 9.90. The monoisotopic (exact) mass is 224 g/mol. The van der Waals surface area contributed by atoms with E-state index >= 15 is 0 Å². The molecule has 2 aromatic carbocycles. The van der Waals surface area contributed by atoms with Crippen molar-refractivity contribution in [1.82, 2.24) is 5.32 Å². The van der Waals surface area contributed by atoms with Gasteiger partial charge in [-0.25, -0.2) is 0 Å². The molecule has 1 aliphatic heterocycles. The first-order valence-electron chi connectivity index (χ1n) is 5.99. The van der Waals surface area contributed by atoms with Crippen LogP contribution in [0.5, 0.6) is 0 Å². The Bertz CT molecular complexity index is 534. The highest BCUT2D eigenvalue weighted by Crippen LogP contribution is 2.39. The summed E-state index contributed by atoms with van der Waals surface area (Å²) >= 11 is 0. The van der Waals surface area contributed by atoms with Crippen molar-refractivity contribution in [1.29, 1.82) is 0 Å². The fourth-order valence-electron chi connectivity index (χ4n) is 2.52. The summed E-state index contributed by atoms with van der Waals surface area (Å²) in [4.78, 5) is 0. The van der Waals surface area contributed by atoms with Gasteiger partial charge in [-0.3, -0.25) is 0 Å². The van der Waals surface area contributed by atoms with Gasteiger partial charge in [-0.1, -0.05) is 42.5 Å². The molecule has 0 aromatic heterocycles. The molecule has 1 aliphatic rings. The summed E-state index contributed by atoms with van der Waals surface area (Å²) < 4.78 is 0. The standard InChI is InChI=1S/C15H16N2/c1-16-10-15-13-8-3-2-6-11(13)12-7-4-5-9-14(12)17-15/h2-9,15-17H,10H2,1H3. The fourth-order valence-corrected chi connectivity index (χ4v) is 2.52. The number of nitrogens with one attached hydrogen (secondary N) is 2. The summed E-state index contributed by atoms with van der Waals surface area (Å²) in [6.07, 6.45) is 0. The van der Waals surface area contributed by atoms with Crippen molar-refractivity contribution in [2.45, 2.75) is 6.04 Å². The van der Waals surface area contributed by atoms with E-state index in [1.54, 1.807) is 0 Å². The fraction of sp³-hybridized carbons (Fsp3) is 0.200. The largest absolute Gasteiger partial charge is 0.376 e. The summed E-state index contributed by atoms with van der Waals surface area (Å²) in [5, 5.41) is 6.84. The molecule has 2 heteroatoms. The van der Waals surface area contributed by atoms with Gasteiger partial charge in [0.2, 0.25) is 0 Å². The van der Waals surface area contributed by atoms with Crippen LogP contribution in [0.15, 0.2) is 48.5 Å². The molecule has 17 heavy (non-hydrogen) atoms. The Balaban J connectivity index is 2.15. The van der Waals surface area contributed by atoms with E-state index in [-0.39, 0.29) is 0 Å². The molecule has 0 fully saturated rings. The Kier molecular flexibility index (Phi) is 2.57. The number of para-hydroxylation sites is 1. The van der Waals surface area contributed by atoms with Crippen LogP contribution in [0.4, 0.5) is 5.69 Å². The molecule has 1 heterocycles. The van der Waals surface area contributed by atoms with E-state index < -0.39 is 0 Å². The van der Waals surface area contributed by atoms with Crippen molar-refractivity contribution in [3.63, 3.8) is 0 Å². The zero-order valence-corrected chi connectivity index (χ0v) is 9.90. The molecule has 2 aromatic rings. The molecular weight excluding hydrogens is 208 g/mol. The lowest BCUT2D eigenvalue weighted by molar-refractivity contribution is 0.687. The van der Waals surface area contributed by atoms with Gasteiger partial charge in [-0.05, 0) is 24.2 Å². The van der Waals surface area contributed by atoms with Gasteiger partial charge in [-0.15, -0.1) is 0 Å². The predicted octanol–water partition coefficient (Wildman–Crippen LogP) is 3.04. The summed E-state index contributed by atoms with van der Waals surface area (Å²) in [6.45, 7) is 0.936. The van der Waals surface area contributed by atoms with Crippen LogP contribution in [0, 0.1) is 0 Å². The third-order valence-electron chi connectivity index (χ3n) is 3.29. The van der Waals surface area contributed by atoms with Crippen LogP contribution in [-0.4, -0.2) is 13.6 Å². The first kappa shape index (κ1) is 10.4. The molecule has 3 rings (SSSR count). The minimum Gasteiger partial charge on any atom is -0.376 e. The predicted molar refractivity (Wildman–Crippen MR) is 72.2 cm³/mol. The van der Waals surface area contributed by atoms with Crippen molar-refractivity contribution in [2.24, 2.45) is 0 Å². The summed E-state index contributed by atoms with van der Waals surface area (Å²) in [7, 11) is 1.99. The Morgan fingerprint density at radius 3 is 2.53 bits per heavy atom. The van der Waals surface area contributed by atoms with Crippen LogP contribution in [0.25, 0.3) is 11.1 Å². The Morgan fingerprint density at radius 1 is 1.00 bits per heavy atom. The molecule has 2 N–H and O–H groups in total. The molecule has 0 saturated carbocycles. The highest BCUT2D eigenvalue weighted by molar-refractivity contribution is 5.83. The topological polar surface area (TPSA) is 24.1 Å².